The first-order valence-electron chi connectivity index (χ1n) is 12.5. The summed E-state index contributed by atoms with van der Waals surface area (Å²) in [5, 5.41) is 9.74. The molecule has 1 fully saturated rings. The smallest absolute Gasteiger partial charge is 0.416 e. The number of piperazine rings is 1. The van der Waals surface area contributed by atoms with Gasteiger partial charge in [0.25, 0.3) is 5.91 Å². The molecule has 0 bridgehead atoms. The number of alkyl halides is 3. The van der Waals surface area contributed by atoms with E-state index in [1.54, 1.807) is 36.5 Å². The highest BCUT2D eigenvalue weighted by molar-refractivity contribution is 6.04. The van der Waals surface area contributed by atoms with Crippen molar-refractivity contribution in [2.45, 2.75) is 6.18 Å². The maximum absolute atomic E-state index is 13.0. The van der Waals surface area contributed by atoms with Gasteiger partial charge in [-0.2, -0.15) is 13.2 Å². The van der Waals surface area contributed by atoms with E-state index < -0.39 is 17.6 Å². The van der Waals surface area contributed by atoms with Crippen LogP contribution in [0.4, 0.5) is 24.7 Å². The molecular weight excluding hydrogens is 527 g/mol. The van der Waals surface area contributed by atoms with E-state index in [0.717, 1.165) is 38.3 Å². The van der Waals surface area contributed by atoms with Gasteiger partial charge in [0.05, 0.1) is 18.3 Å². The molecule has 3 heterocycles. The maximum Gasteiger partial charge on any atom is 0.416 e. The molecule has 1 aliphatic heterocycles. The van der Waals surface area contributed by atoms with Crippen LogP contribution in [0.15, 0.2) is 66.9 Å². The van der Waals surface area contributed by atoms with E-state index in [-0.39, 0.29) is 23.9 Å². The van der Waals surface area contributed by atoms with Gasteiger partial charge in [0.15, 0.2) is 11.5 Å². The minimum absolute atomic E-state index is 0.125. The standard InChI is InChI=1S/C27H26F3N7O3/c1-35-10-12-36(13-11-35)17-24(38)33-22-16-37-23(32-22)8-9-25(34-37)40-21-7-3-6-20(15-21)31-26(39)18-4-2-5-19(14-18)27(28,29)30/h2-9,14-16H,10-13,17H2,1H3,(H,31,39)(H,33,38). The van der Waals surface area contributed by atoms with Crippen molar-refractivity contribution >= 4 is 29.0 Å². The quantitative estimate of drug-likeness (QED) is 0.357. The Morgan fingerprint density at radius 1 is 0.975 bits per heavy atom. The average Bonchev–Trinajstić information content (AvgIpc) is 3.31. The van der Waals surface area contributed by atoms with Crippen LogP contribution >= 0.6 is 0 Å². The van der Waals surface area contributed by atoms with Gasteiger partial charge in [0.1, 0.15) is 5.75 Å². The Bertz CT molecular complexity index is 1530. The molecule has 40 heavy (non-hydrogen) atoms. The van der Waals surface area contributed by atoms with Crippen molar-refractivity contribution in [2.75, 3.05) is 50.4 Å². The summed E-state index contributed by atoms with van der Waals surface area (Å²) in [7, 11) is 2.05. The van der Waals surface area contributed by atoms with Crippen molar-refractivity contribution in [2.24, 2.45) is 0 Å². The molecule has 2 aromatic carbocycles. The van der Waals surface area contributed by atoms with E-state index in [0.29, 0.717) is 22.9 Å². The highest BCUT2D eigenvalue weighted by Crippen LogP contribution is 2.30. The van der Waals surface area contributed by atoms with Gasteiger partial charge in [0.2, 0.25) is 11.8 Å². The third-order valence-corrected chi connectivity index (χ3v) is 6.29. The molecule has 10 nitrogen and oxygen atoms in total. The Morgan fingerprint density at radius 3 is 2.52 bits per heavy atom. The molecule has 0 saturated carbocycles. The van der Waals surface area contributed by atoms with Crippen molar-refractivity contribution in [3.05, 3.63) is 78.0 Å². The Kier molecular flexibility index (Phi) is 7.67. The van der Waals surface area contributed by atoms with Gasteiger partial charge in [0, 0.05) is 49.6 Å². The number of imidazole rings is 1. The van der Waals surface area contributed by atoms with E-state index in [4.69, 9.17) is 4.74 Å². The normalized spacial score (nSPS) is 14.7. The van der Waals surface area contributed by atoms with Gasteiger partial charge in [-0.3, -0.25) is 14.5 Å². The van der Waals surface area contributed by atoms with E-state index in [2.05, 4.69) is 37.6 Å². The van der Waals surface area contributed by atoms with E-state index in [1.807, 2.05) is 0 Å². The number of carbonyl (C=O) groups is 2. The number of benzene rings is 2. The summed E-state index contributed by atoms with van der Waals surface area (Å²) in [4.78, 5) is 33.7. The summed E-state index contributed by atoms with van der Waals surface area (Å²) in [6, 6.07) is 13.8. The number of rotatable bonds is 7. The van der Waals surface area contributed by atoms with Crippen LogP contribution in [-0.2, 0) is 11.0 Å². The topological polar surface area (TPSA) is 104 Å². The Morgan fingerprint density at radius 2 is 1.75 bits per heavy atom. The lowest BCUT2D eigenvalue weighted by Gasteiger charge is -2.31. The lowest BCUT2D eigenvalue weighted by Crippen LogP contribution is -2.47. The van der Waals surface area contributed by atoms with Crippen molar-refractivity contribution in [3.8, 4) is 11.6 Å². The predicted molar refractivity (Wildman–Crippen MR) is 141 cm³/mol. The molecule has 0 aliphatic carbocycles. The second-order valence-electron chi connectivity index (χ2n) is 9.39. The minimum atomic E-state index is -4.55. The molecule has 0 spiro atoms. The summed E-state index contributed by atoms with van der Waals surface area (Å²) >= 11 is 0. The number of hydrogen-bond donors (Lipinski definition) is 2. The van der Waals surface area contributed by atoms with Crippen molar-refractivity contribution < 1.29 is 27.5 Å². The number of nitrogens with zero attached hydrogens (tertiary/aromatic N) is 5. The minimum Gasteiger partial charge on any atom is -0.438 e. The van der Waals surface area contributed by atoms with E-state index in [1.165, 1.54) is 22.7 Å². The fourth-order valence-corrected chi connectivity index (χ4v) is 4.17. The number of nitrogens with one attached hydrogen (secondary N) is 2. The van der Waals surface area contributed by atoms with Crippen LogP contribution in [0, 0.1) is 0 Å². The number of anilines is 2. The summed E-state index contributed by atoms with van der Waals surface area (Å²) in [5.74, 6) is 0.0796. The van der Waals surface area contributed by atoms with Crippen LogP contribution in [0.1, 0.15) is 15.9 Å². The highest BCUT2D eigenvalue weighted by atomic mass is 19.4. The number of likely N-dealkylation sites (N-methyl/N-ethyl adjacent to an activating group) is 1. The third kappa shape index (κ3) is 6.74. The largest absolute Gasteiger partial charge is 0.438 e. The lowest BCUT2D eigenvalue weighted by atomic mass is 10.1. The van der Waals surface area contributed by atoms with Crippen LogP contribution in [0.2, 0.25) is 0 Å². The van der Waals surface area contributed by atoms with Gasteiger partial charge in [-0.15, -0.1) is 5.10 Å². The molecule has 2 amide bonds. The van der Waals surface area contributed by atoms with Gasteiger partial charge >= 0.3 is 6.18 Å². The van der Waals surface area contributed by atoms with Crippen molar-refractivity contribution in [1.29, 1.82) is 0 Å². The number of aromatic nitrogens is 3. The number of carbonyl (C=O) groups excluding carboxylic acids is 2. The lowest BCUT2D eigenvalue weighted by molar-refractivity contribution is -0.137. The highest BCUT2D eigenvalue weighted by Gasteiger charge is 2.31. The van der Waals surface area contributed by atoms with E-state index in [9.17, 15) is 22.8 Å². The number of halogens is 3. The Hall–Kier alpha value is -4.49. The zero-order valence-electron chi connectivity index (χ0n) is 21.5. The van der Waals surface area contributed by atoms with Gasteiger partial charge in [-0.25, -0.2) is 9.50 Å². The maximum atomic E-state index is 13.0. The van der Waals surface area contributed by atoms with Crippen LogP contribution in [0.25, 0.3) is 5.65 Å². The van der Waals surface area contributed by atoms with Crippen LogP contribution in [0.3, 0.4) is 0 Å². The fraction of sp³-hybridized carbons (Fsp3) is 0.259. The summed E-state index contributed by atoms with van der Waals surface area (Å²) in [5.41, 5.74) is -0.200. The van der Waals surface area contributed by atoms with Gasteiger partial charge < -0.3 is 20.3 Å². The average molecular weight is 554 g/mol. The van der Waals surface area contributed by atoms with Crippen molar-refractivity contribution in [3.63, 3.8) is 0 Å². The number of hydrogen-bond acceptors (Lipinski definition) is 7. The molecular formula is C27H26F3N7O3. The fourth-order valence-electron chi connectivity index (χ4n) is 4.17. The summed E-state index contributed by atoms with van der Waals surface area (Å²) in [6.45, 7) is 3.77. The SMILES string of the molecule is CN1CCN(CC(=O)Nc2cn3nc(Oc4cccc(NC(=O)c5cccc(C(F)(F)F)c5)c4)ccc3n2)CC1. The number of ether oxygens (including phenoxy) is 1. The predicted octanol–water partition coefficient (Wildman–Crippen LogP) is 3.98. The summed E-state index contributed by atoms with van der Waals surface area (Å²) in [6.07, 6.45) is -2.97. The molecule has 0 radical (unpaired) electrons. The Labute approximate surface area is 227 Å². The second-order valence-corrected chi connectivity index (χ2v) is 9.39. The number of amides is 2. The zero-order valence-corrected chi connectivity index (χ0v) is 21.5. The number of fused-ring (bicyclic) bond motifs is 1. The molecule has 0 atom stereocenters. The first-order valence-corrected chi connectivity index (χ1v) is 12.5. The monoisotopic (exact) mass is 553 g/mol. The van der Waals surface area contributed by atoms with Crippen LogP contribution in [0.5, 0.6) is 11.6 Å². The zero-order chi connectivity index (χ0) is 28.3. The molecule has 5 rings (SSSR count). The first-order chi connectivity index (χ1) is 19.1. The molecule has 0 unspecified atom stereocenters. The molecule has 13 heteroatoms. The van der Waals surface area contributed by atoms with Crippen LogP contribution < -0.4 is 15.4 Å². The molecule has 2 N–H and O–H groups in total. The molecule has 4 aromatic rings. The third-order valence-electron chi connectivity index (χ3n) is 6.29. The van der Waals surface area contributed by atoms with Gasteiger partial charge in [-0.1, -0.05) is 12.1 Å². The molecule has 2 aromatic heterocycles. The van der Waals surface area contributed by atoms with Gasteiger partial charge in [-0.05, 0) is 43.4 Å². The van der Waals surface area contributed by atoms with Crippen LogP contribution in [-0.4, -0.2) is 76.0 Å². The van der Waals surface area contributed by atoms with Crippen molar-refractivity contribution in [1.82, 2.24) is 24.4 Å². The van der Waals surface area contributed by atoms with E-state index >= 15 is 0 Å². The molecule has 208 valence electrons. The molecule has 1 aliphatic rings. The molecule has 1 saturated heterocycles. The first kappa shape index (κ1) is 27.1. The second kappa shape index (κ2) is 11.3. The Balaban J connectivity index is 1.22. The summed E-state index contributed by atoms with van der Waals surface area (Å²) < 4.78 is 46.3.